The van der Waals surface area contributed by atoms with Gasteiger partial charge in [-0.15, -0.1) is 0 Å². The van der Waals surface area contributed by atoms with Crippen LogP contribution in [0.2, 0.25) is 18.1 Å². The highest BCUT2D eigenvalue weighted by Gasteiger charge is 2.36. The molecule has 1 unspecified atom stereocenters. The zero-order valence-corrected chi connectivity index (χ0v) is 19.5. The van der Waals surface area contributed by atoms with Gasteiger partial charge in [0, 0.05) is 4.91 Å². The first-order valence-corrected chi connectivity index (χ1v) is 13.5. The van der Waals surface area contributed by atoms with Crippen LogP contribution < -0.4 is 0 Å². The van der Waals surface area contributed by atoms with E-state index in [4.69, 9.17) is 14.1 Å². The molecule has 0 saturated carbocycles. The summed E-state index contributed by atoms with van der Waals surface area (Å²) in [7, 11) is -5.44. The Morgan fingerprint density at radius 2 is 1.81 bits per heavy atom. The van der Waals surface area contributed by atoms with Crippen molar-refractivity contribution >= 4 is 18.4 Å². The van der Waals surface area contributed by atoms with Crippen molar-refractivity contribution in [2.75, 3.05) is 12.9 Å². The lowest BCUT2D eigenvalue weighted by atomic mass is 9.93. The van der Waals surface area contributed by atoms with E-state index in [9.17, 15) is 8.42 Å². The minimum Gasteiger partial charge on any atom is -0.413 e. The third kappa shape index (κ3) is 9.18. The van der Waals surface area contributed by atoms with E-state index < -0.39 is 30.1 Å². The standard InChI is InChI=1S/C17H35N3O4SSi/c1-14(12-13-23-26(8,9)16(2,3)4)10-11-15(24-25(7,21)22)17(5,6)19-20-18/h12,15H,10-11,13H2,1-9H3/b14-12+. The maximum atomic E-state index is 11.5. The van der Waals surface area contributed by atoms with Crippen LogP contribution >= 0.6 is 0 Å². The lowest BCUT2D eigenvalue weighted by molar-refractivity contribution is 0.128. The summed E-state index contributed by atoms with van der Waals surface area (Å²) in [4.78, 5) is 2.81. The number of azide groups is 1. The Hall–Kier alpha value is -0.863. The average Bonchev–Trinajstić information content (AvgIpc) is 2.40. The molecular weight excluding hydrogens is 370 g/mol. The molecule has 0 aliphatic heterocycles. The molecule has 1 atom stereocenters. The quantitative estimate of drug-likeness (QED) is 0.125. The van der Waals surface area contributed by atoms with E-state index in [0.29, 0.717) is 19.4 Å². The predicted octanol–water partition coefficient (Wildman–Crippen LogP) is 5.17. The molecule has 9 heteroatoms. The van der Waals surface area contributed by atoms with Gasteiger partial charge in [0.1, 0.15) is 0 Å². The van der Waals surface area contributed by atoms with Gasteiger partial charge in [-0.1, -0.05) is 51.4 Å². The Morgan fingerprint density at radius 3 is 2.23 bits per heavy atom. The SMILES string of the molecule is C/C(=C\CO[Si](C)(C)C(C)(C)C)CCC(OS(C)(=O)=O)C(C)(C)N=[N+]=[N-]. The fourth-order valence-electron chi connectivity index (χ4n) is 1.98. The van der Waals surface area contributed by atoms with Gasteiger partial charge in [-0.2, -0.15) is 8.42 Å². The maximum absolute atomic E-state index is 11.5. The minimum absolute atomic E-state index is 0.155. The van der Waals surface area contributed by atoms with Crippen LogP contribution in [-0.2, 0) is 18.7 Å². The zero-order chi connectivity index (χ0) is 20.8. The Morgan fingerprint density at radius 1 is 1.27 bits per heavy atom. The first-order valence-electron chi connectivity index (χ1n) is 8.76. The molecule has 0 aliphatic carbocycles. The van der Waals surface area contributed by atoms with E-state index in [1.165, 1.54) is 0 Å². The summed E-state index contributed by atoms with van der Waals surface area (Å²) in [5.74, 6) is 0. The molecule has 0 saturated heterocycles. The third-order valence-electron chi connectivity index (χ3n) is 4.86. The molecule has 26 heavy (non-hydrogen) atoms. The maximum Gasteiger partial charge on any atom is 0.264 e. The summed E-state index contributed by atoms with van der Waals surface area (Å²) in [6.45, 7) is 16.8. The van der Waals surface area contributed by atoms with Crippen molar-refractivity contribution in [3.63, 3.8) is 0 Å². The second-order valence-corrected chi connectivity index (χ2v) is 15.2. The predicted molar refractivity (Wildman–Crippen MR) is 109 cm³/mol. The molecule has 152 valence electrons. The monoisotopic (exact) mass is 405 g/mol. The topological polar surface area (TPSA) is 101 Å². The third-order valence-corrected chi connectivity index (χ3v) is 9.95. The average molecular weight is 406 g/mol. The fourth-order valence-corrected chi connectivity index (χ4v) is 3.67. The van der Waals surface area contributed by atoms with Crippen molar-refractivity contribution in [3.05, 3.63) is 22.1 Å². The molecule has 0 aromatic heterocycles. The highest BCUT2D eigenvalue weighted by molar-refractivity contribution is 7.86. The summed E-state index contributed by atoms with van der Waals surface area (Å²) in [5.41, 5.74) is 8.84. The van der Waals surface area contributed by atoms with Crippen molar-refractivity contribution in [2.24, 2.45) is 5.11 Å². The molecule has 0 aliphatic rings. The minimum atomic E-state index is -3.65. The van der Waals surface area contributed by atoms with Crippen molar-refractivity contribution in [2.45, 2.75) is 84.2 Å². The second kappa shape index (κ2) is 9.37. The molecule has 7 nitrogen and oxygen atoms in total. The number of rotatable bonds is 10. The van der Waals surface area contributed by atoms with Crippen LogP contribution in [0.25, 0.3) is 10.4 Å². The Kier molecular flexibility index (Phi) is 9.06. The number of hydrogen-bond acceptors (Lipinski definition) is 5. The van der Waals surface area contributed by atoms with Crippen LogP contribution in [0, 0.1) is 0 Å². The van der Waals surface area contributed by atoms with Crippen LogP contribution in [0.1, 0.15) is 54.4 Å². The van der Waals surface area contributed by atoms with E-state index >= 15 is 0 Å². The number of allylic oxidation sites excluding steroid dienone is 1. The highest BCUT2D eigenvalue weighted by Crippen LogP contribution is 2.36. The first-order chi connectivity index (χ1) is 11.5. The highest BCUT2D eigenvalue weighted by atomic mass is 32.2. The van der Waals surface area contributed by atoms with Crippen molar-refractivity contribution in [1.82, 2.24) is 0 Å². The Bertz CT molecular complexity index is 645. The molecule has 0 spiro atoms. The molecule has 0 N–H and O–H groups in total. The van der Waals surface area contributed by atoms with Gasteiger partial charge in [0.05, 0.1) is 24.5 Å². The van der Waals surface area contributed by atoms with E-state index in [1.54, 1.807) is 13.8 Å². The lowest BCUT2D eigenvalue weighted by Crippen LogP contribution is -2.40. The zero-order valence-electron chi connectivity index (χ0n) is 17.7. The molecule has 0 amide bonds. The molecule has 0 aromatic carbocycles. The number of hydrogen-bond donors (Lipinski definition) is 0. The van der Waals surface area contributed by atoms with Gasteiger partial charge in [-0.25, -0.2) is 0 Å². The lowest BCUT2D eigenvalue weighted by Gasteiger charge is -2.35. The number of nitrogens with zero attached hydrogens (tertiary/aromatic N) is 3. The Labute approximate surface area is 160 Å². The van der Waals surface area contributed by atoms with E-state index in [1.807, 2.05) is 13.0 Å². The van der Waals surface area contributed by atoms with Crippen molar-refractivity contribution in [3.8, 4) is 0 Å². The molecule has 0 heterocycles. The summed E-state index contributed by atoms with van der Waals surface area (Å²) in [6.07, 6.45) is 3.37. The van der Waals surface area contributed by atoms with Crippen LogP contribution in [0.15, 0.2) is 16.8 Å². The normalized spacial score (nSPS) is 15.5. The fraction of sp³-hybridized carbons (Fsp3) is 0.882. The van der Waals surface area contributed by atoms with Gasteiger partial charge in [-0.05, 0) is 43.4 Å². The molecule has 0 fully saturated rings. The van der Waals surface area contributed by atoms with Crippen LogP contribution in [0.3, 0.4) is 0 Å². The molecule has 0 radical (unpaired) electrons. The van der Waals surface area contributed by atoms with Gasteiger partial charge < -0.3 is 4.43 Å². The summed E-state index contributed by atoms with van der Waals surface area (Å²) in [5, 5.41) is 3.85. The van der Waals surface area contributed by atoms with Gasteiger partial charge in [0.2, 0.25) is 0 Å². The van der Waals surface area contributed by atoms with Crippen molar-refractivity contribution in [1.29, 1.82) is 0 Å². The van der Waals surface area contributed by atoms with E-state index in [-0.39, 0.29) is 5.04 Å². The molecule has 0 rings (SSSR count). The van der Waals surface area contributed by atoms with Crippen molar-refractivity contribution < 1.29 is 17.0 Å². The van der Waals surface area contributed by atoms with Gasteiger partial charge >= 0.3 is 0 Å². The summed E-state index contributed by atoms with van der Waals surface area (Å²) < 4.78 is 34.3. The largest absolute Gasteiger partial charge is 0.413 e. The smallest absolute Gasteiger partial charge is 0.264 e. The van der Waals surface area contributed by atoms with Gasteiger partial charge in [-0.3, -0.25) is 4.18 Å². The second-order valence-electron chi connectivity index (χ2n) is 8.79. The van der Waals surface area contributed by atoms with Crippen LogP contribution in [0.4, 0.5) is 0 Å². The molecular formula is C17H35N3O4SSi. The first kappa shape index (κ1) is 25.1. The van der Waals surface area contributed by atoms with Crippen LogP contribution in [0.5, 0.6) is 0 Å². The van der Waals surface area contributed by atoms with Gasteiger partial charge in [0.15, 0.2) is 8.32 Å². The van der Waals surface area contributed by atoms with Gasteiger partial charge in [0.25, 0.3) is 10.1 Å². The summed E-state index contributed by atoms with van der Waals surface area (Å²) in [6, 6.07) is 0. The van der Waals surface area contributed by atoms with Crippen LogP contribution in [-0.4, -0.2) is 41.2 Å². The summed E-state index contributed by atoms with van der Waals surface area (Å²) >= 11 is 0. The van der Waals surface area contributed by atoms with E-state index in [2.05, 4.69) is 43.9 Å². The molecule has 0 aromatic rings. The Balaban J connectivity index is 4.94. The van der Waals surface area contributed by atoms with E-state index in [0.717, 1.165) is 11.8 Å². The molecule has 0 bridgehead atoms.